The average molecular weight is 602 g/mol. The molecule has 1 atom stereocenters. The largest absolute Gasteiger partial charge is 0.480 e. The first-order valence-electron chi connectivity index (χ1n) is 12.8. The van der Waals surface area contributed by atoms with Crippen LogP contribution in [0.5, 0.6) is 0 Å². The molecule has 4 rings (SSSR count). The maximum absolute atomic E-state index is 13.0. The summed E-state index contributed by atoms with van der Waals surface area (Å²) in [5.74, 6) is -1.99. The zero-order valence-electron chi connectivity index (χ0n) is 21.9. The molecular formula is C29H30Cl2N4O4S. The quantitative estimate of drug-likeness (QED) is 0.250. The standard InChI is InChI=1S/C29H30Cl2N4O4S/c1-40-24-9-7-20(26(30)27(24)31)8-10-25(36)34-13-11-21(12-14-34)28(37)33-23(29(38)39)15-22-16-32-18-35(22)17-19-5-3-2-4-6-19/h2-10,16,18,21,23H,11-15,17H2,1H3,(H,33,37)(H,38,39)/b10-8+/t23-/m0/s1. The van der Waals surface area contributed by atoms with Crippen molar-refractivity contribution in [3.63, 3.8) is 0 Å². The highest BCUT2D eigenvalue weighted by Crippen LogP contribution is 2.35. The summed E-state index contributed by atoms with van der Waals surface area (Å²) in [7, 11) is 0. The van der Waals surface area contributed by atoms with Gasteiger partial charge in [0, 0.05) is 54.8 Å². The average Bonchev–Trinajstić information content (AvgIpc) is 3.40. The number of amides is 2. The fourth-order valence-corrected chi connectivity index (χ4v) is 5.77. The number of benzene rings is 2. The van der Waals surface area contributed by atoms with Crippen LogP contribution < -0.4 is 5.32 Å². The van der Waals surface area contributed by atoms with Gasteiger partial charge in [0.25, 0.3) is 0 Å². The lowest BCUT2D eigenvalue weighted by atomic mass is 9.95. The summed E-state index contributed by atoms with van der Waals surface area (Å²) in [5.41, 5.74) is 2.43. The number of piperidine rings is 1. The summed E-state index contributed by atoms with van der Waals surface area (Å²) < 4.78 is 1.88. The van der Waals surface area contributed by atoms with Crippen molar-refractivity contribution in [1.29, 1.82) is 0 Å². The number of thioether (sulfide) groups is 1. The maximum Gasteiger partial charge on any atom is 0.326 e. The van der Waals surface area contributed by atoms with Crippen LogP contribution in [0.25, 0.3) is 6.08 Å². The highest BCUT2D eigenvalue weighted by molar-refractivity contribution is 7.98. The number of aliphatic carboxylic acids is 1. The van der Waals surface area contributed by atoms with E-state index in [9.17, 15) is 19.5 Å². The van der Waals surface area contributed by atoms with E-state index < -0.39 is 12.0 Å². The van der Waals surface area contributed by atoms with Gasteiger partial charge in [-0.3, -0.25) is 9.59 Å². The Morgan fingerprint density at radius 2 is 1.85 bits per heavy atom. The molecule has 1 fully saturated rings. The van der Waals surface area contributed by atoms with E-state index in [1.807, 2.05) is 53.3 Å². The molecule has 0 spiro atoms. The number of aromatic nitrogens is 2. The molecule has 0 bridgehead atoms. The zero-order valence-corrected chi connectivity index (χ0v) is 24.3. The van der Waals surface area contributed by atoms with Crippen LogP contribution in [0.15, 0.2) is 66.0 Å². The van der Waals surface area contributed by atoms with Crippen LogP contribution in [0, 0.1) is 5.92 Å². The van der Waals surface area contributed by atoms with Crippen LogP contribution >= 0.6 is 35.0 Å². The van der Waals surface area contributed by atoms with Gasteiger partial charge in [0.15, 0.2) is 0 Å². The van der Waals surface area contributed by atoms with Crippen LogP contribution in [-0.2, 0) is 27.3 Å². The molecule has 2 aromatic carbocycles. The number of hydrogen-bond donors (Lipinski definition) is 2. The second-order valence-corrected chi connectivity index (χ2v) is 11.1. The van der Waals surface area contributed by atoms with Gasteiger partial charge in [-0.1, -0.05) is 59.6 Å². The van der Waals surface area contributed by atoms with E-state index in [-0.39, 0.29) is 24.2 Å². The van der Waals surface area contributed by atoms with Gasteiger partial charge in [0.05, 0.1) is 16.4 Å². The first-order chi connectivity index (χ1) is 19.3. The van der Waals surface area contributed by atoms with Crippen molar-refractivity contribution in [3.8, 4) is 0 Å². The lowest BCUT2D eigenvalue weighted by Crippen LogP contribution is -2.48. The van der Waals surface area contributed by atoms with Gasteiger partial charge in [-0.15, -0.1) is 11.8 Å². The van der Waals surface area contributed by atoms with Crippen LogP contribution in [0.4, 0.5) is 0 Å². The smallest absolute Gasteiger partial charge is 0.326 e. The third-order valence-corrected chi connectivity index (χ3v) is 8.69. The van der Waals surface area contributed by atoms with Gasteiger partial charge in [-0.05, 0) is 42.4 Å². The summed E-state index contributed by atoms with van der Waals surface area (Å²) in [5, 5.41) is 13.4. The van der Waals surface area contributed by atoms with Gasteiger partial charge in [0.1, 0.15) is 6.04 Å². The molecule has 1 saturated heterocycles. The second-order valence-electron chi connectivity index (χ2n) is 9.52. The summed E-state index contributed by atoms with van der Waals surface area (Å²) in [4.78, 5) is 44.4. The third kappa shape index (κ3) is 7.47. The molecule has 0 unspecified atom stereocenters. The first kappa shape index (κ1) is 29.7. The fourth-order valence-electron chi connectivity index (χ4n) is 4.60. The molecule has 210 valence electrons. The number of imidazole rings is 1. The predicted molar refractivity (Wildman–Crippen MR) is 158 cm³/mol. The normalized spacial score (nSPS) is 14.8. The Hall–Kier alpha value is -3.27. The highest BCUT2D eigenvalue weighted by atomic mass is 35.5. The lowest BCUT2D eigenvalue weighted by Gasteiger charge is -2.31. The number of carbonyl (C=O) groups excluding carboxylic acids is 2. The number of rotatable bonds is 10. The minimum Gasteiger partial charge on any atom is -0.480 e. The highest BCUT2D eigenvalue weighted by Gasteiger charge is 2.30. The number of hydrogen-bond acceptors (Lipinski definition) is 5. The molecule has 0 radical (unpaired) electrons. The lowest BCUT2D eigenvalue weighted by molar-refractivity contribution is -0.142. The monoisotopic (exact) mass is 600 g/mol. The Labute approximate surface area is 247 Å². The summed E-state index contributed by atoms with van der Waals surface area (Å²) in [6.07, 6.45) is 9.28. The van der Waals surface area contributed by atoms with Crippen molar-refractivity contribution in [2.75, 3.05) is 19.3 Å². The molecule has 1 aromatic heterocycles. The number of likely N-dealkylation sites (tertiary alicyclic amines) is 1. The molecule has 2 amide bonds. The third-order valence-electron chi connectivity index (χ3n) is 6.90. The molecule has 8 nitrogen and oxygen atoms in total. The van der Waals surface area contributed by atoms with Crippen LogP contribution in [-0.4, -0.2) is 62.7 Å². The van der Waals surface area contributed by atoms with E-state index in [2.05, 4.69) is 10.3 Å². The van der Waals surface area contributed by atoms with Gasteiger partial charge < -0.3 is 19.9 Å². The predicted octanol–water partition coefficient (Wildman–Crippen LogP) is 5.02. The summed E-state index contributed by atoms with van der Waals surface area (Å²) in [6, 6.07) is 12.4. The second kappa shape index (κ2) is 13.9. The van der Waals surface area contributed by atoms with Gasteiger partial charge in [-0.25, -0.2) is 9.78 Å². The molecule has 0 aliphatic carbocycles. The number of halogens is 2. The molecule has 2 N–H and O–H groups in total. The maximum atomic E-state index is 13.0. The molecule has 0 saturated carbocycles. The van der Waals surface area contributed by atoms with Crippen molar-refractivity contribution < 1.29 is 19.5 Å². The van der Waals surface area contributed by atoms with E-state index in [1.165, 1.54) is 17.8 Å². The van der Waals surface area contributed by atoms with Crippen LogP contribution in [0.3, 0.4) is 0 Å². The molecule has 1 aliphatic rings. The van der Waals surface area contributed by atoms with E-state index in [4.69, 9.17) is 23.2 Å². The summed E-state index contributed by atoms with van der Waals surface area (Å²) in [6.45, 7) is 1.34. The number of carboxylic acids is 1. The number of nitrogens with zero attached hydrogens (tertiary/aromatic N) is 3. The van der Waals surface area contributed by atoms with Gasteiger partial charge in [0.2, 0.25) is 11.8 Å². The van der Waals surface area contributed by atoms with E-state index in [0.29, 0.717) is 53.8 Å². The van der Waals surface area contributed by atoms with Crippen LogP contribution in [0.1, 0.15) is 29.7 Å². The number of carboxylic acid groups (broad SMARTS) is 1. The van der Waals surface area contributed by atoms with Crippen LogP contribution in [0.2, 0.25) is 10.0 Å². The number of nitrogens with one attached hydrogen (secondary N) is 1. The minimum atomic E-state index is -1.11. The van der Waals surface area contributed by atoms with Crippen molar-refractivity contribution in [1.82, 2.24) is 19.8 Å². The molecular weight excluding hydrogens is 571 g/mol. The minimum absolute atomic E-state index is 0.112. The Kier molecular flexibility index (Phi) is 10.3. The molecule has 1 aliphatic heterocycles. The van der Waals surface area contributed by atoms with Crippen molar-refractivity contribution in [2.45, 2.75) is 36.7 Å². The van der Waals surface area contributed by atoms with E-state index in [1.54, 1.807) is 23.5 Å². The van der Waals surface area contributed by atoms with Crippen molar-refractivity contribution >= 4 is 58.8 Å². The molecule has 2 heterocycles. The Balaban J connectivity index is 1.30. The Bertz CT molecular complexity index is 1390. The molecule has 3 aromatic rings. The first-order valence-corrected chi connectivity index (χ1v) is 14.8. The Morgan fingerprint density at radius 1 is 1.12 bits per heavy atom. The van der Waals surface area contributed by atoms with E-state index in [0.717, 1.165) is 10.5 Å². The summed E-state index contributed by atoms with van der Waals surface area (Å²) >= 11 is 14.1. The zero-order chi connectivity index (χ0) is 28.6. The molecule has 11 heteroatoms. The van der Waals surface area contributed by atoms with Gasteiger partial charge >= 0.3 is 5.97 Å². The molecule has 40 heavy (non-hydrogen) atoms. The van der Waals surface area contributed by atoms with E-state index >= 15 is 0 Å². The topological polar surface area (TPSA) is 105 Å². The van der Waals surface area contributed by atoms with Gasteiger partial charge in [-0.2, -0.15) is 0 Å². The van der Waals surface area contributed by atoms with Crippen molar-refractivity contribution in [3.05, 3.63) is 87.9 Å². The Morgan fingerprint density at radius 3 is 2.52 bits per heavy atom. The fraction of sp³-hybridized carbons (Fsp3) is 0.310. The van der Waals surface area contributed by atoms with Crippen molar-refractivity contribution in [2.24, 2.45) is 5.92 Å². The SMILES string of the molecule is CSc1ccc(/C=C/C(=O)N2CCC(C(=O)N[C@@H](Cc3cncn3Cc3ccccc3)C(=O)O)CC2)c(Cl)c1Cl. The number of carbonyl (C=O) groups is 3.